The smallest absolute Gasteiger partial charge is 0.234 e. The van der Waals surface area contributed by atoms with Crippen LogP contribution in [-0.2, 0) is 4.79 Å². The Bertz CT molecular complexity index is 550. The first kappa shape index (κ1) is 18.1. The summed E-state index contributed by atoms with van der Waals surface area (Å²) in [5.74, 6) is 0.884. The summed E-state index contributed by atoms with van der Waals surface area (Å²) >= 11 is 0. The van der Waals surface area contributed by atoms with E-state index in [1.54, 1.807) is 13.3 Å². The van der Waals surface area contributed by atoms with Gasteiger partial charge in [0.1, 0.15) is 0 Å². The van der Waals surface area contributed by atoms with Crippen LogP contribution in [0.15, 0.2) is 18.3 Å². The zero-order valence-electron chi connectivity index (χ0n) is 15.0. The first-order valence-electron chi connectivity index (χ1n) is 9.35. The highest BCUT2D eigenvalue weighted by molar-refractivity contribution is 5.78. The summed E-state index contributed by atoms with van der Waals surface area (Å²) < 4.78 is 5.12. The molecule has 1 aliphatic carbocycles. The normalized spacial score (nSPS) is 25.5. The van der Waals surface area contributed by atoms with Gasteiger partial charge in [0.2, 0.25) is 11.8 Å². The van der Waals surface area contributed by atoms with E-state index in [9.17, 15) is 9.90 Å². The summed E-state index contributed by atoms with van der Waals surface area (Å²) in [6.07, 6.45) is 7.83. The van der Waals surface area contributed by atoms with Crippen molar-refractivity contribution in [3.05, 3.63) is 23.9 Å². The number of likely N-dealkylation sites (tertiary alicyclic amines) is 1. The lowest BCUT2D eigenvalue weighted by molar-refractivity contribution is -0.124. The van der Waals surface area contributed by atoms with Gasteiger partial charge in [-0.05, 0) is 50.3 Å². The van der Waals surface area contributed by atoms with Gasteiger partial charge in [-0.2, -0.15) is 0 Å². The molecule has 1 aliphatic heterocycles. The van der Waals surface area contributed by atoms with Gasteiger partial charge in [-0.25, -0.2) is 4.98 Å². The van der Waals surface area contributed by atoms with Crippen molar-refractivity contribution in [2.45, 2.75) is 50.7 Å². The van der Waals surface area contributed by atoms with E-state index in [4.69, 9.17) is 4.74 Å². The van der Waals surface area contributed by atoms with Crippen molar-refractivity contribution in [3.8, 4) is 5.88 Å². The zero-order chi connectivity index (χ0) is 17.6. The lowest BCUT2D eigenvalue weighted by Gasteiger charge is -2.38. The summed E-state index contributed by atoms with van der Waals surface area (Å²) in [7, 11) is 1.59. The van der Waals surface area contributed by atoms with E-state index < -0.39 is 0 Å². The number of aliphatic hydroxyl groups is 1. The molecule has 1 aromatic rings. The summed E-state index contributed by atoms with van der Waals surface area (Å²) in [6.45, 7) is 2.46. The Morgan fingerprint density at radius 3 is 2.60 bits per heavy atom. The Morgan fingerprint density at radius 1 is 1.32 bits per heavy atom. The van der Waals surface area contributed by atoms with Crippen molar-refractivity contribution >= 4 is 5.91 Å². The van der Waals surface area contributed by atoms with Crippen LogP contribution in [0.3, 0.4) is 0 Å². The summed E-state index contributed by atoms with van der Waals surface area (Å²) in [4.78, 5) is 19.1. The minimum atomic E-state index is -0.249. The summed E-state index contributed by atoms with van der Waals surface area (Å²) in [5, 5.41) is 12.9. The van der Waals surface area contributed by atoms with Crippen LogP contribution in [0.2, 0.25) is 0 Å². The molecule has 6 heteroatoms. The molecule has 1 saturated carbocycles. The molecule has 0 spiro atoms. The predicted molar refractivity (Wildman–Crippen MR) is 95.3 cm³/mol. The second kappa shape index (κ2) is 8.63. The average Bonchev–Trinajstić information content (AvgIpc) is 2.86. The van der Waals surface area contributed by atoms with Crippen molar-refractivity contribution in [3.63, 3.8) is 0 Å². The van der Waals surface area contributed by atoms with Crippen molar-refractivity contribution in [2.24, 2.45) is 5.92 Å². The fraction of sp³-hybridized carbons (Fsp3) is 0.684. The number of hydrogen-bond donors (Lipinski definition) is 2. The molecule has 25 heavy (non-hydrogen) atoms. The van der Waals surface area contributed by atoms with Crippen LogP contribution in [0.4, 0.5) is 0 Å². The highest BCUT2D eigenvalue weighted by atomic mass is 16.5. The van der Waals surface area contributed by atoms with E-state index in [2.05, 4.69) is 15.2 Å². The molecule has 1 amide bonds. The highest BCUT2D eigenvalue weighted by Gasteiger charge is 2.36. The molecule has 0 bridgehead atoms. The molecule has 2 fully saturated rings. The maximum Gasteiger partial charge on any atom is 0.234 e. The number of aromatic nitrogens is 1. The molecule has 6 nitrogen and oxygen atoms in total. The Labute approximate surface area is 149 Å². The van der Waals surface area contributed by atoms with E-state index in [1.165, 1.54) is 25.7 Å². The van der Waals surface area contributed by atoms with E-state index in [0.29, 0.717) is 12.4 Å². The SMILES string of the molecule is COc1ccc([C@H](NC(=O)CN2CCCCCC2)C2CC(O)C2)cn1. The molecule has 3 rings (SSSR count). The number of methoxy groups -OCH3 is 1. The number of ether oxygens (including phenoxy) is 1. The molecule has 138 valence electrons. The van der Waals surface area contributed by atoms with Gasteiger partial charge >= 0.3 is 0 Å². The van der Waals surface area contributed by atoms with Crippen molar-refractivity contribution in [1.82, 2.24) is 15.2 Å². The van der Waals surface area contributed by atoms with Crippen LogP contribution in [0.25, 0.3) is 0 Å². The number of carbonyl (C=O) groups is 1. The molecule has 2 heterocycles. The van der Waals surface area contributed by atoms with E-state index in [0.717, 1.165) is 31.5 Å². The minimum absolute atomic E-state index is 0.0594. The summed E-state index contributed by atoms with van der Waals surface area (Å²) in [5.41, 5.74) is 0.974. The van der Waals surface area contributed by atoms with Crippen LogP contribution in [0.1, 0.15) is 50.1 Å². The molecular weight excluding hydrogens is 318 g/mol. The lowest BCUT2D eigenvalue weighted by atomic mass is 9.75. The van der Waals surface area contributed by atoms with E-state index in [-0.39, 0.29) is 24.0 Å². The predicted octanol–water partition coefficient (Wildman–Crippen LogP) is 1.89. The quantitative estimate of drug-likeness (QED) is 0.822. The third kappa shape index (κ3) is 4.92. The average molecular weight is 347 g/mol. The number of pyridine rings is 1. The Morgan fingerprint density at radius 2 is 2.04 bits per heavy atom. The van der Waals surface area contributed by atoms with Crippen LogP contribution >= 0.6 is 0 Å². The van der Waals surface area contributed by atoms with Gasteiger partial charge in [-0.3, -0.25) is 9.69 Å². The second-order valence-electron chi connectivity index (χ2n) is 7.25. The Balaban J connectivity index is 1.63. The standard InChI is InChI=1S/C19H29N3O3/c1-25-18-7-6-14(12-20-18)19(15-10-16(23)11-15)21-17(24)13-22-8-4-2-3-5-9-22/h6-7,12,15-16,19,23H,2-5,8-11,13H2,1H3,(H,21,24)/t15?,16?,19-/m0/s1. The largest absolute Gasteiger partial charge is 0.481 e. The van der Waals surface area contributed by atoms with Crippen molar-refractivity contribution < 1.29 is 14.6 Å². The second-order valence-corrected chi connectivity index (χ2v) is 7.25. The van der Waals surface area contributed by atoms with E-state index in [1.807, 2.05) is 12.1 Å². The number of nitrogens with zero attached hydrogens (tertiary/aromatic N) is 2. The first-order valence-corrected chi connectivity index (χ1v) is 9.35. The Kier molecular flexibility index (Phi) is 6.26. The third-order valence-electron chi connectivity index (χ3n) is 5.33. The number of carbonyl (C=O) groups excluding carboxylic acids is 1. The van der Waals surface area contributed by atoms with Crippen molar-refractivity contribution in [1.29, 1.82) is 0 Å². The van der Waals surface area contributed by atoms with Gasteiger partial charge in [0, 0.05) is 12.3 Å². The van der Waals surface area contributed by atoms with Gasteiger partial charge in [-0.15, -0.1) is 0 Å². The monoisotopic (exact) mass is 347 g/mol. The van der Waals surface area contributed by atoms with Gasteiger partial charge in [0.25, 0.3) is 0 Å². The molecule has 0 unspecified atom stereocenters. The molecular formula is C19H29N3O3. The number of amides is 1. The third-order valence-corrected chi connectivity index (χ3v) is 5.33. The molecule has 2 aliphatic rings. The van der Waals surface area contributed by atoms with Crippen LogP contribution in [0, 0.1) is 5.92 Å². The molecule has 1 saturated heterocycles. The van der Waals surface area contributed by atoms with Crippen molar-refractivity contribution in [2.75, 3.05) is 26.7 Å². The van der Waals surface area contributed by atoms with Gasteiger partial charge in [0.05, 0.1) is 25.8 Å². The minimum Gasteiger partial charge on any atom is -0.481 e. The summed E-state index contributed by atoms with van der Waals surface area (Å²) in [6, 6.07) is 3.67. The molecule has 1 aromatic heterocycles. The molecule has 1 atom stereocenters. The zero-order valence-corrected chi connectivity index (χ0v) is 15.0. The molecule has 2 N–H and O–H groups in total. The van der Waals surface area contributed by atoms with Gasteiger partial charge < -0.3 is 15.2 Å². The Hall–Kier alpha value is -1.66. The van der Waals surface area contributed by atoms with Gasteiger partial charge in [0.15, 0.2) is 0 Å². The topological polar surface area (TPSA) is 74.7 Å². The van der Waals surface area contributed by atoms with Crippen LogP contribution in [-0.4, -0.2) is 53.7 Å². The van der Waals surface area contributed by atoms with Crippen LogP contribution in [0.5, 0.6) is 5.88 Å². The molecule has 0 aromatic carbocycles. The lowest BCUT2D eigenvalue weighted by Crippen LogP contribution is -2.45. The van der Waals surface area contributed by atoms with E-state index >= 15 is 0 Å². The number of nitrogens with one attached hydrogen (secondary N) is 1. The van der Waals surface area contributed by atoms with Gasteiger partial charge in [-0.1, -0.05) is 18.9 Å². The highest BCUT2D eigenvalue weighted by Crippen LogP contribution is 2.38. The fourth-order valence-electron chi connectivity index (χ4n) is 3.79. The maximum absolute atomic E-state index is 12.6. The first-order chi connectivity index (χ1) is 12.2. The van der Waals surface area contributed by atoms with Crippen LogP contribution < -0.4 is 10.1 Å². The number of hydrogen-bond acceptors (Lipinski definition) is 5. The number of rotatable bonds is 6. The molecule has 0 radical (unpaired) electrons. The fourth-order valence-corrected chi connectivity index (χ4v) is 3.79. The number of aliphatic hydroxyl groups excluding tert-OH is 1. The maximum atomic E-state index is 12.6.